The fraction of sp³-hybridized carbons (Fsp3) is 0.150. The van der Waals surface area contributed by atoms with Crippen LogP contribution in [0.3, 0.4) is 0 Å². The highest BCUT2D eigenvalue weighted by atomic mass is 35.5. The Morgan fingerprint density at radius 1 is 1.32 bits per heavy atom. The summed E-state index contributed by atoms with van der Waals surface area (Å²) in [5, 5.41) is 3.11. The van der Waals surface area contributed by atoms with Crippen molar-refractivity contribution < 1.29 is 14.0 Å². The number of carbonyl (C=O) groups is 2. The summed E-state index contributed by atoms with van der Waals surface area (Å²) in [7, 11) is 0. The Labute approximate surface area is 171 Å². The van der Waals surface area contributed by atoms with Gasteiger partial charge in [0.1, 0.15) is 11.1 Å². The second kappa shape index (κ2) is 9.03. The molecule has 1 saturated heterocycles. The Hall–Kier alpha value is -2.64. The fourth-order valence-corrected chi connectivity index (χ4v) is 3.94. The van der Waals surface area contributed by atoms with Crippen molar-refractivity contribution in [2.24, 2.45) is 4.99 Å². The zero-order chi connectivity index (χ0) is 20.1. The van der Waals surface area contributed by atoms with Gasteiger partial charge in [-0.2, -0.15) is 0 Å². The Balaban J connectivity index is 1.73. The Morgan fingerprint density at radius 3 is 2.75 bits per heavy atom. The highest BCUT2D eigenvalue weighted by molar-refractivity contribution is 8.15. The van der Waals surface area contributed by atoms with E-state index in [1.807, 2.05) is 0 Å². The summed E-state index contributed by atoms with van der Waals surface area (Å²) in [6, 6.07) is 12.4. The molecule has 0 unspecified atom stereocenters. The average Bonchev–Trinajstić information content (AvgIpc) is 2.93. The van der Waals surface area contributed by atoms with Gasteiger partial charge >= 0.3 is 0 Å². The van der Waals surface area contributed by atoms with Crippen molar-refractivity contribution >= 4 is 51.7 Å². The van der Waals surface area contributed by atoms with Crippen molar-refractivity contribution in [3.63, 3.8) is 0 Å². The van der Waals surface area contributed by atoms with E-state index in [-0.39, 0.29) is 24.1 Å². The maximum absolute atomic E-state index is 13.0. The lowest BCUT2D eigenvalue weighted by Gasteiger charge is -2.13. The van der Waals surface area contributed by atoms with Crippen molar-refractivity contribution in [3.8, 4) is 0 Å². The molecule has 144 valence electrons. The average molecular weight is 418 g/mol. The maximum atomic E-state index is 13.0. The van der Waals surface area contributed by atoms with Gasteiger partial charge in [0.05, 0.1) is 5.69 Å². The zero-order valence-electron chi connectivity index (χ0n) is 14.8. The van der Waals surface area contributed by atoms with Crippen molar-refractivity contribution in [1.29, 1.82) is 0 Å². The van der Waals surface area contributed by atoms with Gasteiger partial charge in [0, 0.05) is 23.7 Å². The predicted octanol–water partition coefficient (Wildman–Crippen LogP) is 4.63. The molecule has 2 aromatic carbocycles. The van der Waals surface area contributed by atoms with Crippen LogP contribution in [0.2, 0.25) is 5.02 Å². The third kappa shape index (κ3) is 4.99. The van der Waals surface area contributed by atoms with Crippen LogP contribution in [0.5, 0.6) is 0 Å². The quantitative estimate of drug-likeness (QED) is 0.697. The van der Waals surface area contributed by atoms with Gasteiger partial charge in [-0.15, -0.1) is 6.58 Å². The van der Waals surface area contributed by atoms with Gasteiger partial charge in [-0.1, -0.05) is 35.5 Å². The van der Waals surface area contributed by atoms with Gasteiger partial charge in [0.15, 0.2) is 5.17 Å². The first-order valence-electron chi connectivity index (χ1n) is 8.45. The van der Waals surface area contributed by atoms with Gasteiger partial charge in [-0.3, -0.25) is 14.5 Å². The van der Waals surface area contributed by atoms with Gasteiger partial charge in [0.25, 0.3) is 0 Å². The first-order chi connectivity index (χ1) is 13.5. The van der Waals surface area contributed by atoms with E-state index in [0.717, 1.165) is 0 Å². The number of amidine groups is 1. The molecule has 0 aliphatic carbocycles. The summed E-state index contributed by atoms with van der Waals surface area (Å²) in [5.74, 6) is -0.929. The van der Waals surface area contributed by atoms with E-state index in [0.29, 0.717) is 28.1 Å². The normalized spacial score (nSPS) is 17.8. The number of hydrogen-bond acceptors (Lipinski definition) is 4. The first-order valence-corrected chi connectivity index (χ1v) is 9.70. The van der Waals surface area contributed by atoms with E-state index in [1.165, 1.54) is 40.9 Å². The highest BCUT2D eigenvalue weighted by Gasteiger charge is 2.38. The van der Waals surface area contributed by atoms with Crippen LogP contribution >= 0.6 is 23.4 Å². The summed E-state index contributed by atoms with van der Waals surface area (Å²) in [5.41, 5.74) is 1.09. The van der Waals surface area contributed by atoms with Crippen LogP contribution in [0.4, 0.5) is 15.8 Å². The van der Waals surface area contributed by atoms with Gasteiger partial charge in [-0.25, -0.2) is 9.38 Å². The summed E-state index contributed by atoms with van der Waals surface area (Å²) in [6.45, 7) is 3.97. The molecule has 1 aliphatic rings. The topological polar surface area (TPSA) is 61.8 Å². The van der Waals surface area contributed by atoms with Crippen LogP contribution < -0.4 is 5.32 Å². The molecule has 3 rings (SSSR count). The molecule has 0 bridgehead atoms. The van der Waals surface area contributed by atoms with Crippen LogP contribution in [0.25, 0.3) is 0 Å². The Morgan fingerprint density at radius 2 is 2.07 bits per heavy atom. The maximum Gasteiger partial charge on any atom is 0.242 e. The molecule has 1 heterocycles. The first kappa shape index (κ1) is 20.1. The summed E-state index contributed by atoms with van der Waals surface area (Å²) in [6.07, 6.45) is 1.58. The third-order valence-electron chi connectivity index (χ3n) is 3.86. The number of rotatable bonds is 6. The van der Waals surface area contributed by atoms with Crippen molar-refractivity contribution in [3.05, 3.63) is 72.0 Å². The van der Waals surface area contributed by atoms with Crippen molar-refractivity contribution in [2.75, 3.05) is 11.9 Å². The number of anilines is 1. The number of thioether (sulfide) groups is 1. The lowest BCUT2D eigenvalue weighted by Crippen LogP contribution is -2.33. The Bertz CT molecular complexity index is 933. The number of carbonyl (C=O) groups excluding carboxylic acids is 2. The number of amides is 2. The number of nitrogens with one attached hydrogen (secondary N) is 1. The van der Waals surface area contributed by atoms with Crippen LogP contribution in [-0.2, 0) is 9.59 Å². The molecular weight excluding hydrogens is 401 g/mol. The number of halogens is 2. The number of aliphatic imine (C=N–C) groups is 1. The van der Waals surface area contributed by atoms with E-state index in [2.05, 4.69) is 16.9 Å². The molecule has 2 aromatic rings. The SMILES string of the molecule is C=CCN1C(=O)[C@H](CC(=O)Nc2ccc(F)cc2)SC1=Nc1cccc(Cl)c1. The van der Waals surface area contributed by atoms with E-state index in [1.54, 1.807) is 30.3 Å². The summed E-state index contributed by atoms with van der Waals surface area (Å²) < 4.78 is 13.0. The molecule has 8 heteroatoms. The molecule has 1 fully saturated rings. The zero-order valence-corrected chi connectivity index (χ0v) is 16.3. The van der Waals surface area contributed by atoms with Gasteiger partial charge in [0.2, 0.25) is 11.8 Å². The van der Waals surface area contributed by atoms with Crippen LogP contribution in [0.1, 0.15) is 6.42 Å². The monoisotopic (exact) mass is 417 g/mol. The van der Waals surface area contributed by atoms with Crippen LogP contribution in [0.15, 0.2) is 66.2 Å². The van der Waals surface area contributed by atoms with Gasteiger partial charge in [-0.05, 0) is 42.5 Å². The molecule has 0 saturated carbocycles. The van der Waals surface area contributed by atoms with Crippen LogP contribution in [0, 0.1) is 5.82 Å². The molecule has 0 radical (unpaired) electrons. The molecule has 0 aromatic heterocycles. The second-order valence-corrected chi connectivity index (χ2v) is 7.58. The minimum absolute atomic E-state index is 0.0247. The highest BCUT2D eigenvalue weighted by Crippen LogP contribution is 2.32. The summed E-state index contributed by atoms with van der Waals surface area (Å²) in [4.78, 5) is 31.0. The lowest BCUT2D eigenvalue weighted by atomic mass is 10.2. The van der Waals surface area contributed by atoms with Crippen molar-refractivity contribution in [2.45, 2.75) is 11.7 Å². The number of hydrogen-bond donors (Lipinski definition) is 1. The molecule has 1 aliphatic heterocycles. The largest absolute Gasteiger partial charge is 0.326 e. The lowest BCUT2D eigenvalue weighted by molar-refractivity contribution is -0.127. The number of nitrogens with zero attached hydrogens (tertiary/aromatic N) is 2. The van der Waals surface area contributed by atoms with Crippen molar-refractivity contribution in [1.82, 2.24) is 4.90 Å². The number of benzene rings is 2. The molecular formula is C20H17ClFN3O2S. The standard InChI is InChI=1S/C20H17ClFN3O2S/c1-2-10-25-19(27)17(12-18(26)23-15-8-6-14(22)7-9-15)28-20(25)24-16-5-3-4-13(21)11-16/h2-9,11,17H,1,10,12H2,(H,23,26)/t17-/m0/s1. The van der Waals surface area contributed by atoms with E-state index in [9.17, 15) is 14.0 Å². The molecule has 5 nitrogen and oxygen atoms in total. The Kier molecular flexibility index (Phi) is 6.49. The molecule has 1 N–H and O–H groups in total. The molecule has 1 atom stereocenters. The molecule has 2 amide bonds. The van der Waals surface area contributed by atoms with Gasteiger partial charge < -0.3 is 5.32 Å². The minimum atomic E-state index is -0.599. The van der Waals surface area contributed by atoms with E-state index in [4.69, 9.17) is 11.6 Å². The smallest absolute Gasteiger partial charge is 0.242 e. The molecule has 28 heavy (non-hydrogen) atoms. The summed E-state index contributed by atoms with van der Waals surface area (Å²) >= 11 is 7.22. The van der Waals surface area contributed by atoms with Crippen LogP contribution in [-0.4, -0.2) is 33.7 Å². The third-order valence-corrected chi connectivity index (χ3v) is 5.27. The predicted molar refractivity (Wildman–Crippen MR) is 111 cm³/mol. The van der Waals surface area contributed by atoms with E-state index >= 15 is 0 Å². The minimum Gasteiger partial charge on any atom is -0.326 e. The fourth-order valence-electron chi connectivity index (χ4n) is 2.59. The second-order valence-electron chi connectivity index (χ2n) is 5.98. The molecule has 0 spiro atoms. The van der Waals surface area contributed by atoms with E-state index < -0.39 is 5.25 Å².